The van der Waals surface area contributed by atoms with Gasteiger partial charge in [0.1, 0.15) is 41.3 Å². The minimum atomic E-state index is -1.63. The van der Waals surface area contributed by atoms with Gasteiger partial charge in [-0.2, -0.15) is 0 Å². The molecular formula is C23H28O11. The maximum atomic E-state index is 12.6. The van der Waals surface area contributed by atoms with Crippen LogP contribution < -0.4 is 10.4 Å². The molecule has 1 aliphatic rings. The van der Waals surface area contributed by atoms with Crippen LogP contribution in [0.2, 0.25) is 0 Å². The van der Waals surface area contributed by atoms with Crippen molar-refractivity contribution in [2.24, 2.45) is 0 Å². The predicted octanol–water partition coefficient (Wildman–Crippen LogP) is 0.0463. The molecular weight excluding hydrogens is 452 g/mol. The third-order valence-electron chi connectivity index (χ3n) is 6.18. The molecule has 0 amide bonds. The fraction of sp³-hybridized carbons (Fsp3) is 0.522. The van der Waals surface area contributed by atoms with E-state index in [0.717, 1.165) is 0 Å². The normalized spacial score (nSPS) is 26.8. The summed E-state index contributed by atoms with van der Waals surface area (Å²) in [5.41, 5.74) is -1.13. The van der Waals surface area contributed by atoms with Gasteiger partial charge in [-0.1, -0.05) is 0 Å². The van der Waals surface area contributed by atoms with E-state index in [9.17, 15) is 30.3 Å². The maximum absolute atomic E-state index is 12.6. The van der Waals surface area contributed by atoms with E-state index in [2.05, 4.69) is 0 Å². The number of fused-ring (bicyclic) bond motifs is 2. The molecule has 1 fully saturated rings. The number of aliphatic hydroxyl groups excluding tert-OH is 5. The molecule has 0 aliphatic carbocycles. The van der Waals surface area contributed by atoms with E-state index >= 15 is 0 Å². The lowest BCUT2D eigenvalue weighted by Gasteiger charge is -2.43. The van der Waals surface area contributed by atoms with Crippen molar-refractivity contribution in [3.63, 3.8) is 0 Å². The smallest absolute Gasteiger partial charge is 0.339 e. The van der Waals surface area contributed by atoms with Crippen LogP contribution in [-0.4, -0.2) is 81.7 Å². The first kappa shape index (κ1) is 24.6. The molecule has 0 spiro atoms. The molecule has 4 rings (SSSR count). The van der Waals surface area contributed by atoms with E-state index in [0.29, 0.717) is 22.1 Å². The van der Waals surface area contributed by atoms with Crippen LogP contribution in [0, 0.1) is 0 Å². The summed E-state index contributed by atoms with van der Waals surface area (Å²) < 4.78 is 27.4. The summed E-state index contributed by atoms with van der Waals surface area (Å²) in [4.78, 5) is 12.6. The summed E-state index contributed by atoms with van der Waals surface area (Å²) in [6.45, 7) is 2.41. The van der Waals surface area contributed by atoms with Crippen LogP contribution in [0.15, 0.2) is 38.1 Å². The standard InChI is InChI=1S/C23H28O11/c1-23(2,34-22-19(28)18(27)17(26)15(9-24)33-22)16(25)7-10-6-12-14(32-21(10)29)8-13-11(4-5-31-13)20(12)30-3/h4-6,8,15-19,22,24-28H,7,9H2,1-3H3/t15-,16-,17-,18+,19-,22+/m1/s1. The number of furan rings is 1. The summed E-state index contributed by atoms with van der Waals surface area (Å²) in [7, 11) is 1.48. The Labute approximate surface area is 193 Å². The lowest BCUT2D eigenvalue weighted by Crippen LogP contribution is -2.61. The van der Waals surface area contributed by atoms with Crippen molar-refractivity contribution in [3.8, 4) is 5.75 Å². The van der Waals surface area contributed by atoms with Gasteiger partial charge in [-0.05, 0) is 26.0 Å². The minimum absolute atomic E-state index is 0.159. The largest absolute Gasteiger partial charge is 0.495 e. The molecule has 3 heterocycles. The van der Waals surface area contributed by atoms with Crippen molar-refractivity contribution in [3.05, 3.63) is 40.4 Å². The van der Waals surface area contributed by atoms with Crippen molar-refractivity contribution >= 4 is 21.9 Å². The average Bonchev–Trinajstić information content (AvgIpc) is 3.26. The van der Waals surface area contributed by atoms with Crippen LogP contribution in [0.4, 0.5) is 0 Å². The predicted molar refractivity (Wildman–Crippen MR) is 117 cm³/mol. The molecule has 1 saturated heterocycles. The van der Waals surface area contributed by atoms with Gasteiger partial charge in [0.05, 0.1) is 42.5 Å². The van der Waals surface area contributed by atoms with Gasteiger partial charge in [-0.15, -0.1) is 0 Å². The molecule has 5 N–H and O–H groups in total. The van der Waals surface area contributed by atoms with Crippen molar-refractivity contribution in [1.29, 1.82) is 0 Å². The van der Waals surface area contributed by atoms with Crippen LogP contribution >= 0.6 is 0 Å². The van der Waals surface area contributed by atoms with E-state index < -0.39 is 54.6 Å². The van der Waals surface area contributed by atoms with E-state index in [1.807, 2.05) is 0 Å². The van der Waals surface area contributed by atoms with Crippen LogP contribution in [0.3, 0.4) is 0 Å². The maximum Gasteiger partial charge on any atom is 0.339 e. The SMILES string of the molecule is COc1c2ccoc2cc2oc(=O)c(C[C@@H](O)C(C)(C)O[C@@H]3O[C@H](CO)[C@@H](O)[C@H](O)[C@H]3O)cc12. The molecule has 186 valence electrons. The Morgan fingerprint density at radius 2 is 1.82 bits per heavy atom. The Morgan fingerprint density at radius 3 is 2.50 bits per heavy atom. The van der Waals surface area contributed by atoms with Crippen LogP contribution in [0.25, 0.3) is 21.9 Å². The number of benzene rings is 1. The molecule has 11 nitrogen and oxygen atoms in total. The summed E-state index contributed by atoms with van der Waals surface area (Å²) in [6, 6.07) is 4.88. The number of hydrogen-bond acceptors (Lipinski definition) is 11. The zero-order chi connectivity index (χ0) is 24.8. The van der Waals surface area contributed by atoms with Gasteiger partial charge in [0.15, 0.2) is 6.29 Å². The molecule has 0 radical (unpaired) electrons. The Kier molecular flexibility index (Phi) is 6.71. The molecule has 2 aromatic heterocycles. The number of methoxy groups -OCH3 is 1. The van der Waals surface area contributed by atoms with Crippen LogP contribution in [-0.2, 0) is 15.9 Å². The summed E-state index contributed by atoms with van der Waals surface area (Å²) >= 11 is 0. The third-order valence-corrected chi connectivity index (χ3v) is 6.18. The topological polar surface area (TPSA) is 172 Å². The molecule has 1 aromatic carbocycles. The highest BCUT2D eigenvalue weighted by Gasteiger charge is 2.46. The lowest BCUT2D eigenvalue weighted by molar-refractivity contribution is -0.331. The van der Waals surface area contributed by atoms with Gasteiger partial charge in [0, 0.05) is 18.1 Å². The summed E-state index contributed by atoms with van der Waals surface area (Å²) in [5.74, 6) is 0.456. The quantitative estimate of drug-likeness (QED) is 0.289. The van der Waals surface area contributed by atoms with Crippen molar-refractivity contribution in [2.45, 2.75) is 62.7 Å². The fourth-order valence-electron chi connectivity index (χ4n) is 4.05. The summed E-state index contributed by atoms with van der Waals surface area (Å²) in [6.07, 6.45) is -7.34. The second-order valence-corrected chi connectivity index (χ2v) is 8.85. The first-order valence-electron chi connectivity index (χ1n) is 10.7. The molecule has 34 heavy (non-hydrogen) atoms. The Balaban J connectivity index is 1.59. The highest BCUT2D eigenvalue weighted by atomic mass is 16.7. The highest BCUT2D eigenvalue weighted by Crippen LogP contribution is 2.35. The molecule has 0 unspecified atom stereocenters. The molecule has 0 bridgehead atoms. The number of hydrogen-bond donors (Lipinski definition) is 5. The zero-order valence-electron chi connectivity index (χ0n) is 18.9. The number of ether oxygens (including phenoxy) is 3. The van der Waals surface area contributed by atoms with Gasteiger partial charge in [0.2, 0.25) is 0 Å². The van der Waals surface area contributed by atoms with Gasteiger partial charge >= 0.3 is 5.63 Å². The monoisotopic (exact) mass is 480 g/mol. The lowest BCUT2D eigenvalue weighted by atomic mass is 9.94. The van der Waals surface area contributed by atoms with Crippen LogP contribution in [0.5, 0.6) is 5.75 Å². The second-order valence-electron chi connectivity index (χ2n) is 8.85. The van der Waals surface area contributed by atoms with Gasteiger partial charge < -0.3 is 48.6 Å². The molecule has 3 aromatic rings. The Morgan fingerprint density at radius 1 is 1.09 bits per heavy atom. The van der Waals surface area contributed by atoms with E-state index in [-0.39, 0.29) is 17.6 Å². The van der Waals surface area contributed by atoms with Crippen molar-refractivity contribution in [1.82, 2.24) is 0 Å². The molecule has 0 saturated carbocycles. The van der Waals surface area contributed by atoms with Gasteiger partial charge in [-0.25, -0.2) is 4.79 Å². The summed E-state index contributed by atoms with van der Waals surface area (Å²) in [5, 5.41) is 51.6. The Bertz CT molecular complexity index is 1210. The van der Waals surface area contributed by atoms with Crippen molar-refractivity contribution in [2.75, 3.05) is 13.7 Å². The average molecular weight is 480 g/mol. The number of aliphatic hydroxyl groups is 5. The number of rotatable bonds is 7. The molecule has 6 atom stereocenters. The third kappa shape index (κ3) is 4.31. The van der Waals surface area contributed by atoms with Gasteiger partial charge in [0.25, 0.3) is 0 Å². The van der Waals surface area contributed by atoms with E-state index in [4.69, 9.17) is 23.0 Å². The Hall–Kier alpha value is -2.51. The van der Waals surface area contributed by atoms with E-state index in [1.165, 1.54) is 27.2 Å². The minimum Gasteiger partial charge on any atom is -0.495 e. The van der Waals surface area contributed by atoms with Crippen molar-refractivity contribution < 1.29 is 48.6 Å². The molecule has 11 heteroatoms. The first-order chi connectivity index (χ1) is 16.1. The molecule has 1 aliphatic heterocycles. The zero-order valence-corrected chi connectivity index (χ0v) is 18.9. The van der Waals surface area contributed by atoms with Crippen LogP contribution in [0.1, 0.15) is 19.4 Å². The first-order valence-corrected chi connectivity index (χ1v) is 10.7. The van der Waals surface area contributed by atoms with E-state index in [1.54, 1.807) is 18.2 Å². The van der Waals surface area contributed by atoms with Gasteiger partial charge in [-0.3, -0.25) is 0 Å². The second kappa shape index (κ2) is 9.27. The highest BCUT2D eigenvalue weighted by molar-refractivity contribution is 6.01. The fourth-order valence-corrected chi connectivity index (χ4v) is 4.05.